The van der Waals surface area contributed by atoms with Gasteiger partial charge in [-0.25, -0.2) is 4.98 Å². The zero-order chi connectivity index (χ0) is 11.5. The quantitative estimate of drug-likeness (QED) is 0.803. The molecule has 0 aliphatic rings. The van der Waals surface area contributed by atoms with Gasteiger partial charge in [0.05, 0.1) is 23.7 Å². The highest BCUT2D eigenvalue weighted by Gasteiger charge is 2.19. The molecule has 15 heavy (non-hydrogen) atoms. The molecule has 0 fully saturated rings. The predicted octanol–water partition coefficient (Wildman–Crippen LogP) is 1.50. The molecular formula is C11H21N3O. The van der Waals surface area contributed by atoms with Gasteiger partial charge in [-0.3, -0.25) is 0 Å². The normalized spacial score (nSPS) is 14.2. The fraction of sp³-hybridized carbons (Fsp3) is 0.727. The summed E-state index contributed by atoms with van der Waals surface area (Å²) in [7, 11) is 0. The van der Waals surface area contributed by atoms with E-state index in [0.717, 1.165) is 18.8 Å². The van der Waals surface area contributed by atoms with Gasteiger partial charge in [0, 0.05) is 19.3 Å². The third kappa shape index (κ3) is 3.32. The molecular weight excluding hydrogens is 190 g/mol. The Hall–Kier alpha value is -0.870. The van der Waals surface area contributed by atoms with Crippen molar-refractivity contribution in [2.75, 3.05) is 6.61 Å². The van der Waals surface area contributed by atoms with E-state index in [-0.39, 0.29) is 11.6 Å². The van der Waals surface area contributed by atoms with Gasteiger partial charge in [-0.2, -0.15) is 0 Å². The summed E-state index contributed by atoms with van der Waals surface area (Å²) in [5, 5.41) is 0. The average molecular weight is 211 g/mol. The van der Waals surface area contributed by atoms with Crippen molar-refractivity contribution in [3.8, 4) is 0 Å². The second-order valence-electron chi connectivity index (χ2n) is 4.42. The van der Waals surface area contributed by atoms with Crippen LogP contribution in [0.5, 0.6) is 0 Å². The second-order valence-corrected chi connectivity index (χ2v) is 4.42. The molecule has 0 amide bonds. The van der Waals surface area contributed by atoms with Crippen molar-refractivity contribution in [3.05, 3.63) is 18.2 Å². The van der Waals surface area contributed by atoms with E-state index in [9.17, 15) is 0 Å². The molecule has 1 aromatic heterocycles. The minimum atomic E-state index is -0.359. The van der Waals surface area contributed by atoms with Crippen molar-refractivity contribution < 1.29 is 4.74 Å². The van der Waals surface area contributed by atoms with Crippen LogP contribution >= 0.6 is 0 Å². The van der Waals surface area contributed by atoms with Crippen LogP contribution in [-0.4, -0.2) is 22.3 Å². The van der Waals surface area contributed by atoms with E-state index >= 15 is 0 Å². The van der Waals surface area contributed by atoms with Crippen molar-refractivity contribution in [2.24, 2.45) is 5.73 Å². The summed E-state index contributed by atoms with van der Waals surface area (Å²) in [5.41, 5.74) is 6.73. The lowest BCUT2D eigenvalue weighted by Crippen LogP contribution is -2.32. The van der Waals surface area contributed by atoms with E-state index in [4.69, 9.17) is 10.5 Å². The van der Waals surface area contributed by atoms with Crippen molar-refractivity contribution in [3.63, 3.8) is 0 Å². The fourth-order valence-corrected chi connectivity index (χ4v) is 1.62. The van der Waals surface area contributed by atoms with Gasteiger partial charge in [0.15, 0.2) is 0 Å². The summed E-state index contributed by atoms with van der Waals surface area (Å²) in [6, 6.07) is 0. The SMILES string of the molecule is CCOC(C)Cn1cncc1C(C)(C)N. The third-order valence-corrected chi connectivity index (χ3v) is 2.28. The highest BCUT2D eigenvalue weighted by molar-refractivity contribution is 5.09. The maximum atomic E-state index is 6.05. The smallest absolute Gasteiger partial charge is 0.0949 e. The summed E-state index contributed by atoms with van der Waals surface area (Å²) >= 11 is 0. The highest BCUT2D eigenvalue weighted by Crippen LogP contribution is 2.16. The first kappa shape index (κ1) is 12.2. The lowest BCUT2D eigenvalue weighted by Gasteiger charge is -2.22. The topological polar surface area (TPSA) is 53.1 Å². The Kier molecular flexibility index (Phi) is 3.88. The standard InChI is InChI=1S/C11H21N3O/c1-5-15-9(2)7-14-8-13-6-10(14)11(3,4)12/h6,8-9H,5,7,12H2,1-4H3. The summed E-state index contributed by atoms with van der Waals surface area (Å²) in [6.45, 7) is 9.54. The van der Waals surface area contributed by atoms with Crippen LogP contribution in [0.4, 0.5) is 0 Å². The second kappa shape index (κ2) is 4.77. The number of nitrogens with zero attached hydrogens (tertiary/aromatic N) is 2. The molecule has 4 heteroatoms. The Morgan fingerprint density at radius 1 is 1.60 bits per heavy atom. The summed E-state index contributed by atoms with van der Waals surface area (Å²) in [6.07, 6.45) is 3.81. The maximum absolute atomic E-state index is 6.05. The van der Waals surface area contributed by atoms with E-state index in [1.807, 2.05) is 27.0 Å². The molecule has 0 spiro atoms. The van der Waals surface area contributed by atoms with Crippen LogP contribution in [0, 0.1) is 0 Å². The molecule has 0 saturated heterocycles. The first-order valence-corrected chi connectivity index (χ1v) is 5.36. The number of aromatic nitrogens is 2. The lowest BCUT2D eigenvalue weighted by atomic mass is 10.0. The molecule has 86 valence electrons. The van der Waals surface area contributed by atoms with Gasteiger partial charge in [0.25, 0.3) is 0 Å². The Labute approximate surface area is 91.4 Å². The molecule has 0 aliphatic carbocycles. The van der Waals surface area contributed by atoms with Crippen LogP contribution < -0.4 is 5.73 Å². The van der Waals surface area contributed by atoms with Crippen LogP contribution in [0.1, 0.15) is 33.4 Å². The molecule has 1 atom stereocenters. The molecule has 0 radical (unpaired) electrons. The van der Waals surface area contributed by atoms with Crippen LogP contribution in [-0.2, 0) is 16.8 Å². The van der Waals surface area contributed by atoms with Gasteiger partial charge in [0.2, 0.25) is 0 Å². The fourth-order valence-electron chi connectivity index (χ4n) is 1.62. The van der Waals surface area contributed by atoms with Crippen LogP contribution in [0.3, 0.4) is 0 Å². The summed E-state index contributed by atoms with van der Waals surface area (Å²) in [4.78, 5) is 4.13. The minimum Gasteiger partial charge on any atom is -0.377 e. The zero-order valence-electron chi connectivity index (χ0n) is 10.0. The summed E-state index contributed by atoms with van der Waals surface area (Å²) < 4.78 is 7.55. The molecule has 1 rings (SSSR count). The molecule has 1 aromatic rings. The largest absolute Gasteiger partial charge is 0.377 e. The van der Waals surface area contributed by atoms with Crippen LogP contribution in [0.15, 0.2) is 12.5 Å². The molecule has 0 aromatic carbocycles. The first-order chi connectivity index (χ1) is 6.95. The number of rotatable bonds is 5. The Morgan fingerprint density at radius 3 is 2.80 bits per heavy atom. The molecule has 0 bridgehead atoms. The Balaban J connectivity index is 2.74. The van der Waals surface area contributed by atoms with Crippen molar-refractivity contribution in [1.29, 1.82) is 0 Å². The molecule has 2 N–H and O–H groups in total. The van der Waals surface area contributed by atoms with E-state index in [1.165, 1.54) is 0 Å². The van der Waals surface area contributed by atoms with Crippen LogP contribution in [0.2, 0.25) is 0 Å². The maximum Gasteiger partial charge on any atom is 0.0949 e. The third-order valence-electron chi connectivity index (χ3n) is 2.28. The Morgan fingerprint density at radius 2 is 2.27 bits per heavy atom. The van der Waals surface area contributed by atoms with Gasteiger partial charge in [-0.15, -0.1) is 0 Å². The first-order valence-electron chi connectivity index (χ1n) is 5.36. The number of hydrogen-bond acceptors (Lipinski definition) is 3. The van der Waals surface area contributed by atoms with Gasteiger partial charge >= 0.3 is 0 Å². The van der Waals surface area contributed by atoms with Gasteiger partial charge in [-0.05, 0) is 27.7 Å². The number of hydrogen-bond donors (Lipinski definition) is 1. The van der Waals surface area contributed by atoms with E-state index in [2.05, 4.69) is 16.5 Å². The molecule has 1 unspecified atom stereocenters. The average Bonchev–Trinajstić information content (AvgIpc) is 2.51. The van der Waals surface area contributed by atoms with Crippen molar-refractivity contribution in [2.45, 2.75) is 45.9 Å². The lowest BCUT2D eigenvalue weighted by molar-refractivity contribution is 0.0629. The van der Waals surface area contributed by atoms with E-state index in [1.54, 1.807) is 6.33 Å². The van der Waals surface area contributed by atoms with Gasteiger partial charge < -0.3 is 15.0 Å². The number of imidazole rings is 1. The zero-order valence-corrected chi connectivity index (χ0v) is 10.0. The van der Waals surface area contributed by atoms with E-state index in [0.29, 0.717) is 0 Å². The molecule has 0 aliphatic heterocycles. The van der Waals surface area contributed by atoms with Gasteiger partial charge in [0.1, 0.15) is 0 Å². The highest BCUT2D eigenvalue weighted by atomic mass is 16.5. The van der Waals surface area contributed by atoms with Gasteiger partial charge in [-0.1, -0.05) is 0 Å². The monoisotopic (exact) mass is 211 g/mol. The molecule has 0 saturated carbocycles. The minimum absolute atomic E-state index is 0.185. The summed E-state index contributed by atoms with van der Waals surface area (Å²) in [5.74, 6) is 0. The van der Waals surface area contributed by atoms with Crippen molar-refractivity contribution >= 4 is 0 Å². The predicted molar refractivity (Wildman–Crippen MR) is 60.5 cm³/mol. The van der Waals surface area contributed by atoms with E-state index < -0.39 is 0 Å². The van der Waals surface area contributed by atoms with Crippen LogP contribution in [0.25, 0.3) is 0 Å². The number of ether oxygens (including phenoxy) is 1. The Bertz CT molecular complexity index is 301. The molecule has 4 nitrogen and oxygen atoms in total. The van der Waals surface area contributed by atoms with Crippen molar-refractivity contribution in [1.82, 2.24) is 9.55 Å². The number of nitrogens with two attached hydrogens (primary N) is 1. The molecule has 1 heterocycles.